The van der Waals surface area contributed by atoms with E-state index in [1.165, 1.54) is 0 Å². The van der Waals surface area contributed by atoms with Gasteiger partial charge in [-0.3, -0.25) is 4.79 Å². The molecule has 112 valence electrons. The van der Waals surface area contributed by atoms with Crippen molar-refractivity contribution in [3.8, 4) is 0 Å². The van der Waals surface area contributed by atoms with E-state index < -0.39 is 0 Å². The molecule has 1 heterocycles. The average molecular weight is 287 g/mol. The predicted octanol–water partition coefficient (Wildman–Crippen LogP) is 2.27. The largest absolute Gasteiger partial charge is 0.397 e. The minimum absolute atomic E-state index is 0.121. The number of amides is 1. The Hall–Kier alpha value is -2.27. The van der Waals surface area contributed by atoms with Gasteiger partial charge < -0.3 is 20.7 Å². The summed E-state index contributed by atoms with van der Waals surface area (Å²) < 4.78 is 1.87. The van der Waals surface area contributed by atoms with Crippen LogP contribution in [-0.2, 0) is 13.0 Å². The number of aliphatic hydroxyl groups is 1. The van der Waals surface area contributed by atoms with E-state index in [0.717, 1.165) is 24.2 Å². The van der Waals surface area contributed by atoms with Crippen molar-refractivity contribution in [2.45, 2.75) is 26.3 Å². The summed E-state index contributed by atoms with van der Waals surface area (Å²) in [5, 5.41) is 11.7. The molecule has 2 aromatic rings. The van der Waals surface area contributed by atoms with Crippen LogP contribution in [0.5, 0.6) is 0 Å². The van der Waals surface area contributed by atoms with Crippen molar-refractivity contribution in [3.05, 3.63) is 47.8 Å². The first-order valence-corrected chi connectivity index (χ1v) is 7.11. The summed E-state index contributed by atoms with van der Waals surface area (Å²) in [5.74, 6) is -0.171. The molecule has 1 amide bonds. The maximum absolute atomic E-state index is 12.3. The fraction of sp³-hybridized carbons (Fsp3) is 0.312. The second-order valence-electron chi connectivity index (χ2n) is 4.98. The normalized spacial score (nSPS) is 10.6. The first kappa shape index (κ1) is 15.1. The Labute approximate surface area is 124 Å². The van der Waals surface area contributed by atoms with Crippen molar-refractivity contribution in [3.63, 3.8) is 0 Å². The number of nitrogens with one attached hydrogen (secondary N) is 1. The van der Waals surface area contributed by atoms with Crippen molar-refractivity contribution in [1.82, 2.24) is 4.57 Å². The number of rotatable bonds is 6. The molecule has 0 saturated heterocycles. The molecular weight excluding hydrogens is 266 g/mol. The first-order chi connectivity index (χ1) is 10.1. The molecule has 0 unspecified atom stereocenters. The Morgan fingerprint density at radius 2 is 2.05 bits per heavy atom. The van der Waals surface area contributed by atoms with E-state index in [2.05, 4.69) is 12.2 Å². The number of nitrogen functional groups attached to an aromatic ring is 1. The molecular formula is C16H21N3O2. The van der Waals surface area contributed by atoms with E-state index in [1.807, 2.05) is 28.8 Å². The van der Waals surface area contributed by atoms with Gasteiger partial charge in [0.1, 0.15) is 5.69 Å². The summed E-state index contributed by atoms with van der Waals surface area (Å²) in [6.07, 6.45) is 3.33. The monoisotopic (exact) mass is 287 g/mol. The van der Waals surface area contributed by atoms with Crippen LogP contribution in [0.2, 0.25) is 0 Å². The molecule has 0 saturated carbocycles. The SMILES string of the molecule is CCCn1cc(N)cc1C(=O)Nc1ccc(CCO)cc1. The van der Waals surface area contributed by atoms with Crippen LogP contribution in [0.25, 0.3) is 0 Å². The van der Waals surface area contributed by atoms with Crippen LogP contribution >= 0.6 is 0 Å². The molecule has 0 spiro atoms. The molecule has 1 aromatic carbocycles. The van der Waals surface area contributed by atoms with Crippen molar-refractivity contribution in [2.75, 3.05) is 17.7 Å². The number of carbonyl (C=O) groups is 1. The van der Waals surface area contributed by atoms with E-state index in [9.17, 15) is 4.79 Å². The zero-order valence-electron chi connectivity index (χ0n) is 12.2. The van der Waals surface area contributed by atoms with E-state index in [-0.39, 0.29) is 12.5 Å². The summed E-state index contributed by atoms with van der Waals surface area (Å²) in [6.45, 7) is 2.93. The highest BCUT2D eigenvalue weighted by atomic mass is 16.2. The smallest absolute Gasteiger partial charge is 0.272 e. The second kappa shape index (κ2) is 6.95. The molecule has 0 bridgehead atoms. The van der Waals surface area contributed by atoms with Gasteiger partial charge in [-0.25, -0.2) is 0 Å². The van der Waals surface area contributed by atoms with Crippen molar-refractivity contribution < 1.29 is 9.90 Å². The van der Waals surface area contributed by atoms with Crippen LogP contribution in [0.3, 0.4) is 0 Å². The molecule has 5 heteroatoms. The van der Waals surface area contributed by atoms with Crippen LogP contribution < -0.4 is 11.1 Å². The van der Waals surface area contributed by atoms with Gasteiger partial charge in [0, 0.05) is 25.0 Å². The van der Waals surface area contributed by atoms with Gasteiger partial charge in [-0.1, -0.05) is 19.1 Å². The lowest BCUT2D eigenvalue weighted by Gasteiger charge is -2.09. The molecule has 5 nitrogen and oxygen atoms in total. The third-order valence-electron chi connectivity index (χ3n) is 3.23. The Balaban J connectivity index is 2.10. The number of nitrogens with zero attached hydrogens (tertiary/aromatic N) is 1. The van der Waals surface area contributed by atoms with Gasteiger partial charge in [-0.15, -0.1) is 0 Å². The average Bonchev–Trinajstić information content (AvgIpc) is 2.83. The molecule has 2 rings (SSSR count). The van der Waals surface area contributed by atoms with Gasteiger partial charge in [0.05, 0.1) is 5.69 Å². The maximum atomic E-state index is 12.3. The minimum atomic E-state index is -0.171. The first-order valence-electron chi connectivity index (χ1n) is 7.11. The van der Waals surface area contributed by atoms with Gasteiger partial charge in [-0.05, 0) is 36.6 Å². The zero-order chi connectivity index (χ0) is 15.2. The van der Waals surface area contributed by atoms with Gasteiger partial charge >= 0.3 is 0 Å². The molecule has 0 radical (unpaired) electrons. The predicted molar refractivity (Wildman–Crippen MR) is 84.3 cm³/mol. The lowest BCUT2D eigenvalue weighted by molar-refractivity contribution is 0.101. The number of aromatic nitrogens is 1. The van der Waals surface area contributed by atoms with Crippen LogP contribution in [0.1, 0.15) is 29.4 Å². The van der Waals surface area contributed by atoms with Crippen LogP contribution in [0, 0.1) is 0 Å². The highest BCUT2D eigenvalue weighted by molar-refractivity contribution is 6.03. The number of anilines is 2. The second-order valence-corrected chi connectivity index (χ2v) is 4.98. The maximum Gasteiger partial charge on any atom is 0.272 e. The molecule has 21 heavy (non-hydrogen) atoms. The van der Waals surface area contributed by atoms with Crippen LogP contribution in [-0.4, -0.2) is 22.2 Å². The molecule has 4 N–H and O–H groups in total. The van der Waals surface area contributed by atoms with Gasteiger partial charge in [0.2, 0.25) is 0 Å². The fourth-order valence-electron chi connectivity index (χ4n) is 2.23. The van der Waals surface area contributed by atoms with Crippen molar-refractivity contribution in [1.29, 1.82) is 0 Å². The van der Waals surface area contributed by atoms with Crippen molar-refractivity contribution in [2.24, 2.45) is 0 Å². The van der Waals surface area contributed by atoms with Crippen LogP contribution in [0.15, 0.2) is 36.5 Å². The third kappa shape index (κ3) is 3.86. The van der Waals surface area contributed by atoms with Crippen molar-refractivity contribution >= 4 is 17.3 Å². The highest BCUT2D eigenvalue weighted by Crippen LogP contribution is 2.15. The Morgan fingerprint density at radius 3 is 2.67 bits per heavy atom. The zero-order valence-corrected chi connectivity index (χ0v) is 12.2. The fourth-order valence-corrected chi connectivity index (χ4v) is 2.23. The molecule has 0 atom stereocenters. The summed E-state index contributed by atoms with van der Waals surface area (Å²) in [7, 11) is 0. The highest BCUT2D eigenvalue weighted by Gasteiger charge is 2.12. The standard InChI is InChI=1S/C16H21N3O2/c1-2-8-19-11-13(17)10-15(19)16(21)18-14-5-3-12(4-6-14)7-9-20/h3-6,10-11,20H,2,7-9,17H2,1H3,(H,18,21). The van der Waals surface area contributed by atoms with Gasteiger partial charge in [-0.2, -0.15) is 0 Å². The minimum Gasteiger partial charge on any atom is -0.397 e. The van der Waals surface area contributed by atoms with Gasteiger partial charge in [0.15, 0.2) is 0 Å². The molecule has 0 aliphatic rings. The van der Waals surface area contributed by atoms with E-state index in [0.29, 0.717) is 17.8 Å². The number of carbonyl (C=O) groups excluding carboxylic acids is 1. The summed E-state index contributed by atoms with van der Waals surface area (Å²) in [5.41, 5.74) is 8.69. The molecule has 0 aliphatic heterocycles. The Bertz CT molecular complexity index is 602. The van der Waals surface area contributed by atoms with Crippen LogP contribution in [0.4, 0.5) is 11.4 Å². The molecule has 0 fully saturated rings. The summed E-state index contributed by atoms with van der Waals surface area (Å²) in [6, 6.07) is 9.14. The molecule has 0 aliphatic carbocycles. The lowest BCUT2D eigenvalue weighted by Crippen LogP contribution is -2.16. The number of aliphatic hydroxyl groups excluding tert-OH is 1. The number of nitrogens with two attached hydrogens (primary N) is 1. The van der Waals surface area contributed by atoms with Gasteiger partial charge in [0.25, 0.3) is 5.91 Å². The molecule has 1 aromatic heterocycles. The lowest BCUT2D eigenvalue weighted by atomic mass is 10.1. The summed E-state index contributed by atoms with van der Waals surface area (Å²) in [4.78, 5) is 12.3. The summed E-state index contributed by atoms with van der Waals surface area (Å²) >= 11 is 0. The third-order valence-corrected chi connectivity index (χ3v) is 3.23. The Kier molecular flexibility index (Phi) is 5.00. The number of aryl methyl sites for hydroxylation is 1. The number of hydrogen-bond acceptors (Lipinski definition) is 3. The topological polar surface area (TPSA) is 80.3 Å². The van der Waals surface area contributed by atoms with E-state index in [1.54, 1.807) is 12.3 Å². The van der Waals surface area contributed by atoms with E-state index in [4.69, 9.17) is 10.8 Å². The number of hydrogen-bond donors (Lipinski definition) is 3. The Morgan fingerprint density at radius 1 is 1.33 bits per heavy atom. The number of benzene rings is 1. The van der Waals surface area contributed by atoms with E-state index >= 15 is 0 Å². The quantitative estimate of drug-likeness (QED) is 0.762.